The van der Waals surface area contributed by atoms with E-state index in [2.05, 4.69) is 5.32 Å². The molecule has 0 aliphatic rings. The Balaban J connectivity index is 2.07. The van der Waals surface area contributed by atoms with Gasteiger partial charge >= 0.3 is 0 Å². The molecule has 5 nitrogen and oxygen atoms in total. The summed E-state index contributed by atoms with van der Waals surface area (Å²) >= 11 is 0. The topological polar surface area (TPSA) is 58.6 Å². The van der Waals surface area contributed by atoms with Gasteiger partial charge in [-0.3, -0.25) is 9.59 Å². The van der Waals surface area contributed by atoms with Crippen LogP contribution in [0.4, 0.5) is 0 Å². The number of hydrogen-bond acceptors (Lipinski definition) is 3. The van der Waals surface area contributed by atoms with Gasteiger partial charge in [-0.25, -0.2) is 0 Å². The SMILES string of the molecule is CCCNC(=O)C(C)N(Cc1ccccc1)C(=O)COc1ccccc1. The number of rotatable bonds is 9. The summed E-state index contributed by atoms with van der Waals surface area (Å²) in [6.07, 6.45) is 0.849. The molecular weight excluding hydrogens is 328 g/mol. The lowest BCUT2D eigenvalue weighted by Gasteiger charge is -2.28. The molecule has 0 radical (unpaired) electrons. The molecular formula is C21H26N2O3. The van der Waals surface area contributed by atoms with Gasteiger partial charge in [-0.2, -0.15) is 0 Å². The number of benzene rings is 2. The molecule has 138 valence electrons. The smallest absolute Gasteiger partial charge is 0.261 e. The average Bonchev–Trinajstić information content (AvgIpc) is 2.69. The van der Waals surface area contributed by atoms with Gasteiger partial charge in [-0.1, -0.05) is 55.5 Å². The highest BCUT2D eigenvalue weighted by Gasteiger charge is 2.26. The number of hydrogen-bond donors (Lipinski definition) is 1. The van der Waals surface area contributed by atoms with Gasteiger partial charge in [-0.05, 0) is 31.0 Å². The van der Waals surface area contributed by atoms with Gasteiger partial charge in [0.1, 0.15) is 11.8 Å². The second kappa shape index (κ2) is 10.2. The Hall–Kier alpha value is -2.82. The van der Waals surface area contributed by atoms with Crippen molar-refractivity contribution in [3.05, 3.63) is 66.2 Å². The molecule has 2 aromatic rings. The fourth-order valence-electron chi connectivity index (χ4n) is 2.50. The standard InChI is InChI=1S/C21H26N2O3/c1-3-14-22-21(25)17(2)23(15-18-10-6-4-7-11-18)20(24)16-26-19-12-8-5-9-13-19/h4-13,17H,3,14-16H2,1-2H3,(H,22,25). The quantitative estimate of drug-likeness (QED) is 0.753. The highest BCUT2D eigenvalue weighted by atomic mass is 16.5. The molecule has 0 heterocycles. The summed E-state index contributed by atoms with van der Waals surface area (Å²) in [5.74, 6) is 0.247. The Kier molecular flexibility index (Phi) is 7.68. The van der Waals surface area contributed by atoms with Crippen molar-refractivity contribution in [1.82, 2.24) is 10.2 Å². The normalized spacial score (nSPS) is 11.5. The number of amides is 2. The first-order valence-corrected chi connectivity index (χ1v) is 8.90. The van der Waals surface area contributed by atoms with Crippen molar-refractivity contribution in [3.63, 3.8) is 0 Å². The lowest BCUT2D eigenvalue weighted by atomic mass is 10.1. The Bertz CT molecular complexity index is 689. The van der Waals surface area contributed by atoms with E-state index in [4.69, 9.17) is 4.74 Å². The highest BCUT2D eigenvalue weighted by molar-refractivity contribution is 5.87. The number of ether oxygens (including phenoxy) is 1. The molecule has 0 aromatic heterocycles. The Labute approximate surface area is 155 Å². The Morgan fingerprint density at radius 1 is 1.04 bits per heavy atom. The van der Waals surface area contributed by atoms with Crippen LogP contribution in [0.15, 0.2) is 60.7 Å². The molecule has 0 spiro atoms. The van der Waals surface area contributed by atoms with Crippen LogP contribution in [-0.4, -0.2) is 35.9 Å². The maximum atomic E-state index is 12.8. The predicted molar refractivity (Wildman–Crippen MR) is 102 cm³/mol. The number of para-hydroxylation sites is 1. The van der Waals surface area contributed by atoms with Gasteiger partial charge in [-0.15, -0.1) is 0 Å². The summed E-state index contributed by atoms with van der Waals surface area (Å²) in [6.45, 7) is 4.58. The van der Waals surface area contributed by atoms with E-state index >= 15 is 0 Å². The van der Waals surface area contributed by atoms with Crippen molar-refractivity contribution in [2.75, 3.05) is 13.2 Å². The molecule has 2 amide bonds. The van der Waals surface area contributed by atoms with E-state index < -0.39 is 6.04 Å². The monoisotopic (exact) mass is 354 g/mol. The number of nitrogens with one attached hydrogen (secondary N) is 1. The van der Waals surface area contributed by atoms with E-state index in [-0.39, 0.29) is 18.4 Å². The molecule has 0 bridgehead atoms. The van der Waals surface area contributed by atoms with Crippen LogP contribution in [0.2, 0.25) is 0 Å². The summed E-state index contributed by atoms with van der Waals surface area (Å²) in [4.78, 5) is 26.7. The zero-order valence-corrected chi connectivity index (χ0v) is 15.4. The molecule has 0 fully saturated rings. The lowest BCUT2D eigenvalue weighted by molar-refractivity contribution is -0.142. The van der Waals surface area contributed by atoms with Crippen molar-refractivity contribution in [3.8, 4) is 5.75 Å². The minimum atomic E-state index is -0.575. The predicted octanol–water partition coefficient (Wildman–Crippen LogP) is 3.01. The first kappa shape index (κ1) is 19.5. The molecule has 5 heteroatoms. The zero-order chi connectivity index (χ0) is 18.8. The third kappa shape index (κ3) is 5.92. The van der Waals surface area contributed by atoms with Crippen molar-refractivity contribution >= 4 is 11.8 Å². The summed E-state index contributed by atoms with van der Waals surface area (Å²) in [5, 5.41) is 2.85. The van der Waals surface area contributed by atoms with Gasteiger partial charge in [0, 0.05) is 13.1 Å². The molecule has 1 unspecified atom stereocenters. The van der Waals surface area contributed by atoms with Crippen molar-refractivity contribution < 1.29 is 14.3 Å². The van der Waals surface area contributed by atoms with Crippen molar-refractivity contribution in [2.45, 2.75) is 32.9 Å². The van der Waals surface area contributed by atoms with E-state index in [1.807, 2.05) is 55.5 Å². The van der Waals surface area contributed by atoms with Crippen LogP contribution in [0, 0.1) is 0 Å². The van der Waals surface area contributed by atoms with Crippen LogP contribution >= 0.6 is 0 Å². The van der Waals surface area contributed by atoms with E-state index in [0.717, 1.165) is 12.0 Å². The third-order valence-electron chi connectivity index (χ3n) is 4.02. The summed E-state index contributed by atoms with van der Waals surface area (Å²) in [7, 11) is 0. The minimum Gasteiger partial charge on any atom is -0.484 e. The van der Waals surface area contributed by atoms with Gasteiger partial charge in [0.05, 0.1) is 0 Å². The summed E-state index contributed by atoms with van der Waals surface area (Å²) in [5.41, 5.74) is 0.968. The number of carbonyl (C=O) groups excluding carboxylic acids is 2. The maximum Gasteiger partial charge on any atom is 0.261 e. The zero-order valence-electron chi connectivity index (χ0n) is 15.4. The first-order valence-electron chi connectivity index (χ1n) is 8.90. The van der Waals surface area contributed by atoms with E-state index in [0.29, 0.717) is 18.8 Å². The van der Waals surface area contributed by atoms with Crippen LogP contribution in [0.1, 0.15) is 25.8 Å². The van der Waals surface area contributed by atoms with Gasteiger partial charge in [0.2, 0.25) is 5.91 Å². The minimum absolute atomic E-state index is 0.109. The van der Waals surface area contributed by atoms with Gasteiger partial charge < -0.3 is 15.0 Å². The molecule has 26 heavy (non-hydrogen) atoms. The molecule has 0 saturated carbocycles. The van der Waals surface area contributed by atoms with Crippen molar-refractivity contribution in [1.29, 1.82) is 0 Å². The molecule has 1 atom stereocenters. The largest absolute Gasteiger partial charge is 0.484 e. The van der Waals surface area contributed by atoms with Crippen LogP contribution in [0.5, 0.6) is 5.75 Å². The lowest BCUT2D eigenvalue weighted by Crippen LogP contribution is -2.49. The maximum absolute atomic E-state index is 12.8. The average molecular weight is 354 g/mol. The second-order valence-electron chi connectivity index (χ2n) is 6.08. The van der Waals surface area contributed by atoms with E-state index in [9.17, 15) is 9.59 Å². The fourth-order valence-corrected chi connectivity index (χ4v) is 2.50. The Morgan fingerprint density at radius 2 is 1.65 bits per heavy atom. The van der Waals surface area contributed by atoms with E-state index in [1.54, 1.807) is 24.0 Å². The second-order valence-corrected chi connectivity index (χ2v) is 6.08. The fraction of sp³-hybridized carbons (Fsp3) is 0.333. The van der Waals surface area contributed by atoms with Gasteiger partial charge in [0.15, 0.2) is 6.61 Å². The molecule has 1 N–H and O–H groups in total. The Morgan fingerprint density at radius 3 is 2.27 bits per heavy atom. The summed E-state index contributed by atoms with van der Waals surface area (Å²) < 4.78 is 5.57. The van der Waals surface area contributed by atoms with Crippen LogP contribution < -0.4 is 10.1 Å². The summed E-state index contributed by atoms with van der Waals surface area (Å²) in [6, 6.07) is 18.2. The van der Waals surface area contributed by atoms with Crippen LogP contribution in [0.3, 0.4) is 0 Å². The van der Waals surface area contributed by atoms with Crippen LogP contribution in [-0.2, 0) is 16.1 Å². The highest BCUT2D eigenvalue weighted by Crippen LogP contribution is 2.12. The number of nitrogens with zero attached hydrogens (tertiary/aromatic N) is 1. The van der Waals surface area contributed by atoms with Crippen molar-refractivity contribution in [2.24, 2.45) is 0 Å². The molecule has 0 aliphatic heterocycles. The molecule has 2 rings (SSSR count). The van der Waals surface area contributed by atoms with Crippen LogP contribution in [0.25, 0.3) is 0 Å². The third-order valence-corrected chi connectivity index (χ3v) is 4.02. The first-order chi connectivity index (χ1) is 12.6. The number of carbonyl (C=O) groups is 2. The van der Waals surface area contributed by atoms with Gasteiger partial charge in [0.25, 0.3) is 5.91 Å². The molecule has 0 aliphatic carbocycles. The molecule has 2 aromatic carbocycles. The van der Waals surface area contributed by atoms with E-state index in [1.165, 1.54) is 0 Å². The molecule has 0 saturated heterocycles.